The van der Waals surface area contributed by atoms with Crippen molar-refractivity contribution in [2.75, 3.05) is 0 Å². The van der Waals surface area contributed by atoms with E-state index in [0.29, 0.717) is 12.5 Å². The second-order valence-corrected chi connectivity index (χ2v) is 7.14. The van der Waals surface area contributed by atoms with Crippen LogP contribution < -0.4 is 0 Å². The Bertz CT molecular complexity index is 500. The third kappa shape index (κ3) is 7.47. The number of allylic oxidation sites excluding steroid dienone is 1. The highest BCUT2D eigenvalue weighted by Crippen LogP contribution is 2.18. The fraction of sp³-hybridized carbons (Fsp3) is 0.550. The second kappa shape index (κ2) is 8.88. The molecule has 0 bridgehead atoms. The van der Waals surface area contributed by atoms with E-state index in [1.165, 1.54) is 5.56 Å². The molecule has 0 saturated heterocycles. The molecule has 23 heavy (non-hydrogen) atoms. The van der Waals surface area contributed by atoms with Crippen molar-refractivity contribution in [3.63, 3.8) is 0 Å². The molecule has 0 aromatic heterocycles. The van der Waals surface area contributed by atoms with Crippen LogP contribution in [-0.4, -0.2) is 28.6 Å². The van der Waals surface area contributed by atoms with E-state index in [4.69, 9.17) is 4.74 Å². The molecule has 0 unspecified atom stereocenters. The fourth-order valence-electron chi connectivity index (χ4n) is 2.55. The van der Waals surface area contributed by atoms with Gasteiger partial charge in [0.1, 0.15) is 5.60 Å². The third-order valence-corrected chi connectivity index (χ3v) is 3.51. The van der Waals surface area contributed by atoms with Gasteiger partial charge in [-0.2, -0.15) is 0 Å². The molecule has 0 radical (unpaired) electrons. The minimum atomic E-state index is -0.445. The van der Waals surface area contributed by atoms with E-state index < -0.39 is 5.60 Å². The summed E-state index contributed by atoms with van der Waals surface area (Å²) in [6, 6.07) is 10.7. The van der Waals surface area contributed by atoms with Gasteiger partial charge in [-0.3, -0.25) is 9.69 Å². The number of benzene rings is 1. The van der Waals surface area contributed by atoms with Crippen molar-refractivity contribution >= 4 is 5.97 Å². The van der Waals surface area contributed by atoms with E-state index >= 15 is 0 Å². The third-order valence-electron chi connectivity index (χ3n) is 3.51. The number of hydrogen-bond acceptors (Lipinski definition) is 3. The van der Waals surface area contributed by atoms with Crippen LogP contribution in [0.5, 0.6) is 0 Å². The minimum Gasteiger partial charge on any atom is -0.460 e. The van der Waals surface area contributed by atoms with Gasteiger partial charge in [0.2, 0.25) is 0 Å². The van der Waals surface area contributed by atoms with Crippen molar-refractivity contribution < 1.29 is 9.53 Å². The Morgan fingerprint density at radius 3 is 2.30 bits per heavy atom. The Morgan fingerprint density at radius 1 is 1.22 bits per heavy atom. The summed E-state index contributed by atoms with van der Waals surface area (Å²) in [5, 5.41) is 0. The van der Waals surface area contributed by atoms with Crippen LogP contribution in [0, 0.1) is 0 Å². The SMILES string of the molecule is C/C=C/[C@@H](CC(=O)OC(C)(C)C)N(Cc1ccccc1)C(C)C. The molecule has 1 rings (SSSR count). The molecule has 1 aromatic rings. The van der Waals surface area contributed by atoms with E-state index in [-0.39, 0.29) is 12.0 Å². The predicted molar refractivity (Wildman–Crippen MR) is 96.2 cm³/mol. The standard InChI is InChI=1S/C20H31NO2/c1-7-11-18(14-19(22)23-20(4,5)6)21(16(2)3)15-17-12-9-8-10-13-17/h7-13,16,18H,14-15H2,1-6H3/b11-7+/t18-/m0/s1. The maximum absolute atomic E-state index is 12.2. The first kappa shape index (κ1) is 19.4. The number of carbonyl (C=O) groups excluding carboxylic acids is 1. The number of nitrogens with zero attached hydrogens (tertiary/aromatic N) is 1. The van der Waals surface area contributed by atoms with E-state index in [1.54, 1.807) is 0 Å². The lowest BCUT2D eigenvalue weighted by Gasteiger charge is -2.33. The lowest BCUT2D eigenvalue weighted by molar-refractivity contribution is -0.156. The molecule has 3 nitrogen and oxygen atoms in total. The largest absolute Gasteiger partial charge is 0.460 e. The van der Waals surface area contributed by atoms with Crippen LogP contribution in [0.25, 0.3) is 0 Å². The van der Waals surface area contributed by atoms with Crippen molar-refractivity contribution in [2.24, 2.45) is 0 Å². The Balaban J connectivity index is 2.87. The zero-order valence-corrected chi connectivity index (χ0v) is 15.4. The smallest absolute Gasteiger partial charge is 0.308 e. The molecule has 128 valence electrons. The monoisotopic (exact) mass is 317 g/mol. The number of carbonyl (C=O) groups is 1. The lowest BCUT2D eigenvalue weighted by Crippen LogP contribution is -2.41. The highest BCUT2D eigenvalue weighted by molar-refractivity contribution is 5.71. The highest BCUT2D eigenvalue weighted by atomic mass is 16.6. The minimum absolute atomic E-state index is 0.0371. The first-order valence-electron chi connectivity index (χ1n) is 8.37. The zero-order valence-electron chi connectivity index (χ0n) is 15.4. The van der Waals surface area contributed by atoms with Gasteiger partial charge in [-0.25, -0.2) is 0 Å². The summed E-state index contributed by atoms with van der Waals surface area (Å²) in [7, 11) is 0. The molecule has 1 atom stereocenters. The molecule has 1 aromatic carbocycles. The van der Waals surface area contributed by atoms with Crippen LogP contribution in [0.15, 0.2) is 42.5 Å². The summed E-state index contributed by atoms with van der Waals surface area (Å²) in [5.74, 6) is -0.153. The summed E-state index contributed by atoms with van der Waals surface area (Å²) in [6.07, 6.45) is 4.47. The summed E-state index contributed by atoms with van der Waals surface area (Å²) in [5.41, 5.74) is 0.805. The highest BCUT2D eigenvalue weighted by Gasteiger charge is 2.25. The Labute approximate surface area is 141 Å². The topological polar surface area (TPSA) is 29.5 Å². The van der Waals surface area contributed by atoms with E-state index in [1.807, 2.05) is 52.0 Å². The average molecular weight is 317 g/mol. The normalized spacial score (nSPS) is 13.7. The molecular formula is C20H31NO2. The van der Waals surface area contributed by atoms with Crippen LogP contribution in [0.2, 0.25) is 0 Å². The molecular weight excluding hydrogens is 286 g/mol. The second-order valence-electron chi connectivity index (χ2n) is 7.14. The summed E-state index contributed by atoms with van der Waals surface area (Å²) >= 11 is 0. The lowest BCUT2D eigenvalue weighted by atomic mass is 10.1. The van der Waals surface area contributed by atoms with Crippen molar-refractivity contribution in [3.05, 3.63) is 48.0 Å². The molecule has 0 spiro atoms. The molecule has 3 heteroatoms. The molecule has 0 aliphatic rings. The van der Waals surface area contributed by atoms with Crippen LogP contribution in [0.1, 0.15) is 53.5 Å². The molecule has 0 fully saturated rings. The number of rotatable bonds is 7. The Morgan fingerprint density at radius 2 is 1.83 bits per heavy atom. The average Bonchev–Trinajstić information content (AvgIpc) is 2.43. The molecule has 0 saturated carbocycles. The van der Waals surface area contributed by atoms with Gasteiger partial charge in [-0.1, -0.05) is 42.5 Å². The van der Waals surface area contributed by atoms with Gasteiger partial charge in [0.25, 0.3) is 0 Å². The molecule has 0 N–H and O–H groups in total. The van der Waals surface area contributed by atoms with Crippen LogP contribution >= 0.6 is 0 Å². The summed E-state index contributed by atoms with van der Waals surface area (Å²) in [6.45, 7) is 12.8. The number of esters is 1. The Hall–Kier alpha value is -1.61. The van der Waals surface area contributed by atoms with Gasteiger partial charge in [0.15, 0.2) is 0 Å². The zero-order chi connectivity index (χ0) is 17.5. The van der Waals surface area contributed by atoms with Crippen LogP contribution in [0.3, 0.4) is 0 Å². The van der Waals surface area contributed by atoms with E-state index in [0.717, 1.165) is 6.54 Å². The maximum atomic E-state index is 12.2. The van der Waals surface area contributed by atoms with Crippen molar-refractivity contribution in [1.29, 1.82) is 0 Å². The van der Waals surface area contributed by atoms with Gasteiger partial charge in [-0.05, 0) is 47.1 Å². The number of ether oxygens (including phenoxy) is 1. The first-order valence-corrected chi connectivity index (χ1v) is 8.37. The molecule has 0 amide bonds. The van der Waals surface area contributed by atoms with Gasteiger partial charge in [-0.15, -0.1) is 0 Å². The van der Waals surface area contributed by atoms with Crippen LogP contribution in [0.4, 0.5) is 0 Å². The molecule has 0 aliphatic heterocycles. The number of hydrogen-bond donors (Lipinski definition) is 0. The molecule has 0 aliphatic carbocycles. The van der Waals surface area contributed by atoms with E-state index in [2.05, 4.69) is 37.0 Å². The van der Waals surface area contributed by atoms with E-state index in [9.17, 15) is 4.79 Å². The summed E-state index contributed by atoms with van der Waals surface area (Å²) < 4.78 is 5.50. The van der Waals surface area contributed by atoms with Gasteiger partial charge in [0, 0.05) is 18.6 Å². The van der Waals surface area contributed by atoms with Crippen molar-refractivity contribution in [3.8, 4) is 0 Å². The van der Waals surface area contributed by atoms with Gasteiger partial charge >= 0.3 is 5.97 Å². The molecule has 0 heterocycles. The summed E-state index contributed by atoms with van der Waals surface area (Å²) in [4.78, 5) is 14.6. The van der Waals surface area contributed by atoms with Crippen molar-refractivity contribution in [1.82, 2.24) is 4.90 Å². The quantitative estimate of drug-likeness (QED) is 0.545. The van der Waals surface area contributed by atoms with Gasteiger partial charge < -0.3 is 4.74 Å². The maximum Gasteiger partial charge on any atom is 0.308 e. The fourth-order valence-corrected chi connectivity index (χ4v) is 2.55. The predicted octanol–water partition coefficient (Wildman–Crippen LogP) is 4.57. The first-order chi connectivity index (χ1) is 10.7. The Kier molecular flexibility index (Phi) is 7.50. The van der Waals surface area contributed by atoms with Crippen molar-refractivity contribution in [2.45, 2.75) is 72.2 Å². The van der Waals surface area contributed by atoms with Gasteiger partial charge in [0.05, 0.1) is 6.42 Å². The van der Waals surface area contributed by atoms with Crippen LogP contribution in [-0.2, 0) is 16.1 Å².